The van der Waals surface area contributed by atoms with Crippen molar-refractivity contribution in [3.05, 3.63) is 24.3 Å². The van der Waals surface area contributed by atoms with Gasteiger partial charge in [-0.05, 0) is 12.1 Å². The molecule has 0 bridgehead atoms. The number of rotatable bonds is 4. The van der Waals surface area contributed by atoms with Gasteiger partial charge in [0.25, 0.3) is 0 Å². The molecule has 108 valence electrons. The van der Waals surface area contributed by atoms with Crippen molar-refractivity contribution in [3.63, 3.8) is 0 Å². The zero-order valence-corrected chi connectivity index (χ0v) is 12.6. The van der Waals surface area contributed by atoms with Crippen molar-refractivity contribution in [2.45, 2.75) is 11.3 Å². The number of para-hydroxylation sites is 1. The summed E-state index contributed by atoms with van der Waals surface area (Å²) in [6, 6.07) is 7.21. The fourth-order valence-electron chi connectivity index (χ4n) is 2.47. The number of terminal acetylenes is 1. The molecule has 0 N–H and O–H groups in total. The minimum absolute atomic E-state index is 0.414. The summed E-state index contributed by atoms with van der Waals surface area (Å²) in [6.07, 6.45) is 7.30. The summed E-state index contributed by atoms with van der Waals surface area (Å²) >= 11 is 0. The number of sulfone groups is 1. The molecule has 5 heteroatoms. The Labute approximate surface area is 121 Å². The van der Waals surface area contributed by atoms with Crippen LogP contribution in [0.4, 0.5) is 5.69 Å². The molecule has 4 nitrogen and oxygen atoms in total. The van der Waals surface area contributed by atoms with Gasteiger partial charge in [-0.25, -0.2) is 8.42 Å². The fraction of sp³-hybridized carbons (Fsp3) is 0.467. The Bertz CT molecular complexity index is 597. The highest BCUT2D eigenvalue weighted by molar-refractivity contribution is 7.90. The highest BCUT2D eigenvalue weighted by Crippen LogP contribution is 2.25. The number of hydrogen-bond donors (Lipinski definition) is 0. The maximum absolute atomic E-state index is 11.8. The third kappa shape index (κ3) is 3.53. The van der Waals surface area contributed by atoms with E-state index in [1.54, 1.807) is 12.1 Å². The first-order valence-corrected chi connectivity index (χ1v) is 8.61. The van der Waals surface area contributed by atoms with E-state index in [-0.39, 0.29) is 0 Å². The van der Waals surface area contributed by atoms with Gasteiger partial charge >= 0.3 is 0 Å². The largest absolute Gasteiger partial charge is 0.368 e. The van der Waals surface area contributed by atoms with Gasteiger partial charge in [-0.1, -0.05) is 12.1 Å². The molecule has 0 aromatic heterocycles. The predicted octanol–water partition coefficient (Wildman–Crippen LogP) is 1.24. The molecule has 0 spiro atoms. The summed E-state index contributed by atoms with van der Waals surface area (Å²) in [5.74, 6) is 2.65. The summed E-state index contributed by atoms with van der Waals surface area (Å²) in [5, 5.41) is 0. The molecule has 1 saturated heterocycles. The molecule has 20 heavy (non-hydrogen) atoms. The van der Waals surface area contributed by atoms with E-state index in [0.717, 1.165) is 44.8 Å². The van der Waals surface area contributed by atoms with E-state index in [9.17, 15) is 8.42 Å². The summed E-state index contributed by atoms with van der Waals surface area (Å²) in [4.78, 5) is 4.87. The lowest BCUT2D eigenvalue weighted by atomic mass is 10.2. The predicted molar refractivity (Wildman–Crippen MR) is 81.7 cm³/mol. The molecule has 1 aromatic carbocycles. The lowest BCUT2D eigenvalue weighted by Crippen LogP contribution is -2.46. The van der Waals surface area contributed by atoms with E-state index < -0.39 is 9.84 Å². The van der Waals surface area contributed by atoms with Gasteiger partial charge in [0.1, 0.15) is 0 Å². The first-order valence-electron chi connectivity index (χ1n) is 6.72. The monoisotopic (exact) mass is 292 g/mol. The SMILES string of the molecule is C#CCCN1CCN(c2ccccc2S(C)(=O)=O)CC1. The van der Waals surface area contributed by atoms with Crippen LogP contribution in [0.5, 0.6) is 0 Å². The lowest BCUT2D eigenvalue weighted by Gasteiger charge is -2.36. The molecule has 0 atom stereocenters. The third-order valence-corrected chi connectivity index (χ3v) is 4.69. The van der Waals surface area contributed by atoms with Gasteiger partial charge in [0.05, 0.1) is 10.6 Å². The molecule has 1 aliphatic heterocycles. The van der Waals surface area contributed by atoms with Crippen LogP contribution < -0.4 is 4.90 Å². The van der Waals surface area contributed by atoms with E-state index in [4.69, 9.17) is 6.42 Å². The van der Waals surface area contributed by atoms with Gasteiger partial charge < -0.3 is 4.90 Å². The quantitative estimate of drug-likeness (QED) is 0.783. The van der Waals surface area contributed by atoms with E-state index in [1.165, 1.54) is 6.26 Å². The molecule has 1 heterocycles. The average Bonchev–Trinajstić information content (AvgIpc) is 2.45. The Morgan fingerprint density at radius 2 is 1.85 bits per heavy atom. The molecule has 1 aliphatic rings. The molecular formula is C15H20N2O2S. The number of anilines is 1. The maximum atomic E-state index is 11.8. The van der Waals surface area contributed by atoms with Crippen molar-refractivity contribution in [1.82, 2.24) is 4.90 Å². The second-order valence-corrected chi connectivity index (χ2v) is 7.01. The van der Waals surface area contributed by atoms with Crippen molar-refractivity contribution >= 4 is 15.5 Å². The summed E-state index contributed by atoms with van der Waals surface area (Å²) in [6.45, 7) is 4.41. The van der Waals surface area contributed by atoms with Gasteiger partial charge in [-0.3, -0.25) is 4.90 Å². The standard InChI is InChI=1S/C15H20N2O2S/c1-3-4-9-16-10-12-17(13-11-16)14-7-5-6-8-15(14)20(2,18)19/h1,5-8H,4,9-13H2,2H3. The Kier molecular flexibility index (Phi) is 4.69. The van der Waals surface area contributed by atoms with Crippen LogP contribution in [0.15, 0.2) is 29.2 Å². The maximum Gasteiger partial charge on any atom is 0.177 e. The van der Waals surface area contributed by atoms with Crippen LogP contribution in [0.2, 0.25) is 0 Å². The Morgan fingerprint density at radius 1 is 1.20 bits per heavy atom. The topological polar surface area (TPSA) is 40.6 Å². The summed E-state index contributed by atoms with van der Waals surface area (Å²) in [7, 11) is -3.19. The van der Waals surface area contributed by atoms with Crippen LogP contribution in [0.1, 0.15) is 6.42 Å². The lowest BCUT2D eigenvalue weighted by molar-refractivity contribution is 0.263. The highest BCUT2D eigenvalue weighted by Gasteiger charge is 2.21. The molecule has 1 aromatic rings. The number of benzene rings is 1. The second kappa shape index (κ2) is 6.29. The molecule has 0 saturated carbocycles. The zero-order valence-electron chi connectivity index (χ0n) is 11.7. The van der Waals surface area contributed by atoms with Crippen molar-refractivity contribution < 1.29 is 8.42 Å². The van der Waals surface area contributed by atoms with Gasteiger partial charge in [-0.2, -0.15) is 0 Å². The van der Waals surface area contributed by atoms with Crippen molar-refractivity contribution in [1.29, 1.82) is 0 Å². The van der Waals surface area contributed by atoms with Gasteiger partial charge in [0, 0.05) is 45.4 Å². The zero-order chi connectivity index (χ0) is 14.6. The van der Waals surface area contributed by atoms with E-state index in [0.29, 0.717) is 4.90 Å². The average molecular weight is 292 g/mol. The molecular weight excluding hydrogens is 272 g/mol. The highest BCUT2D eigenvalue weighted by atomic mass is 32.2. The molecule has 0 aliphatic carbocycles. The first kappa shape index (κ1) is 14.9. The van der Waals surface area contributed by atoms with Crippen molar-refractivity contribution in [2.24, 2.45) is 0 Å². The van der Waals surface area contributed by atoms with Gasteiger partial charge in [0.15, 0.2) is 9.84 Å². The molecule has 0 unspecified atom stereocenters. The Balaban J connectivity index is 2.10. The van der Waals surface area contributed by atoms with Crippen LogP contribution in [-0.2, 0) is 9.84 Å². The summed E-state index contributed by atoms with van der Waals surface area (Å²) < 4.78 is 23.7. The number of nitrogens with zero attached hydrogens (tertiary/aromatic N) is 2. The molecule has 0 radical (unpaired) electrons. The summed E-state index contributed by atoms with van der Waals surface area (Å²) in [5.41, 5.74) is 0.812. The van der Waals surface area contributed by atoms with Crippen molar-refractivity contribution in [3.8, 4) is 12.3 Å². The van der Waals surface area contributed by atoms with Crippen LogP contribution >= 0.6 is 0 Å². The Morgan fingerprint density at radius 3 is 2.45 bits per heavy atom. The smallest absolute Gasteiger partial charge is 0.177 e. The molecule has 2 rings (SSSR count). The fourth-order valence-corrected chi connectivity index (χ4v) is 3.37. The van der Waals surface area contributed by atoms with Crippen LogP contribution in [0.3, 0.4) is 0 Å². The molecule has 1 fully saturated rings. The van der Waals surface area contributed by atoms with Crippen LogP contribution in [0.25, 0.3) is 0 Å². The second-order valence-electron chi connectivity index (χ2n) is 5.02. The van der Waals surface area contributed by atoms with Crippen LogP contribution in [0, 0.1) is 12.3 Å². The Hall–Kier alpha value is -1.51. The third-order valence-electron chi connectivity index (χ3n) is 3.55. The van der Waals surface area contributed by atoms with E-state index >= 15 is 0 Å². The minimum Gasteiger partial charge on any atom is -0.368 e. The van der Waals surface area contributed by atoms with Crippen LogP contribution in [-0.4, -0.2) is 52.3 Å². The molecule has 0 amide bonds. The van der Waals surface area contributed by atoms with Crippen molar-refractivity contribution in [2.75, 3.05) is 43.9 Å². The van der Waals surface area contributed by atoms with E-state index in [2.05, 4.69) is 15.7 Å². The van der Waals surface area contributed by atoms with Gasteiger partial charge in [0.2, 0.25) is 0 Å². The van der Waals surface area contributed by atoms with Gasteiger partial charge in [-0.15, -0.1) is 12.3 Å². The minimum atomic E-state index is -3.19. The number of hydrogen-bond acceptors (Lipinski definition) is 4. The number of piperazine rings is 1. The van der Waals surface area contributed by atoms with E-state index in [1.807, 2.05) is 12.1 Å². The first-order chi connectivity index (χ1) is 9.52. The normalized spacial score (nSPS) is 16.9.